The van der Waals surface area contributed by atoms with Crippen molar-refractivity contribution < 1.29 is 5.11 Å². The first-order valence-corrected chi connectivity index (χ1v) is 8.45. The van der Waals surface area contributed by atoms with Crippen LogP contribution in [-0.2, 0) is 6.61 Å². The molecule has 20 heavy (non-hydrogen) atoms. The summed E-state index contributed by atoms with van der Waals surface area (Å²) in [6, 6.07) is 6.91. The molecule has 0 spiro atoms. The molecular formula is C16H23BrN2O. The summed E-state index contributed by atoms with van der Waals surface area (Å²) in [5.74, 6) is 0. The molecule has 2 aliphatic rings. The molecule has 0 aromatic heterocycles. The van der Waals surface area contributed by atoms with Crippen LogP contribution in [-0.4, -0.2) is 42.2 Å². The zero-order chi connectivity index (χ0) is 13.9. The van der Waals surface area contributed by atoms with E-state index in [0.717, 1.165) is 29.2 Å². The fourth-order valence-electron chi connectivity index (χ4n) is 3.45. The molecule has 4 heteroatoms. The molecule has 1 N–H and O–H groups in total. The van der Waals surface area contributed by atoms with Crippen molar-refractivity contribution in [3.63, 3.8) is 0 Å². The molecular weight excluding hydrogens is 316 g/mol. The van der Waals surface area contributed by atoms with E-state index in [-0.39, 0.29) is 6.61 Å². The molecule has 110 valence electrons. The molecule has 0 bridgehead atoms. The predicted octanol–water partition coefficient (Wildman–Crippen LogP) is 3.01. The van der Waals surface area contributed by atoms with Gasteiger partial charge in [-0.25, -0.2) is 0 Å². The fraction of sp³-hybridized carbons (Fsp3) is 0.625. The van der Waals surface area contributed by atoms with Crippen molar-refractivity contribution in [3.8, 4) is 0 Å². The fourth-order valence-corrected chi connectivity index (χ4v) is 4.12. The molecule has 1 atom stereocenters. The third-order valence-corrected chi connectivity index (χ3v) is 5.24. The van der Waals surface area contributed by atoms with Crippen LogP contribution in [0.1, 0.15) is 31.2 Å². The van der Waals surface area contributed by atoms with Crippen molar-refractivity contribution in [3.05, 3.63) is 28.2 Å². The number of anilines is 1. The standard InChI is InChI=1S/C16H23BrN2O/c17-15-10-13(12-20)4-5-16(15)19-9-6-14(11-19)18-7-2-1-3-8-18/h4-5,10,14,20H,1-3,6-9,11-12H2. The van der Waals surface area contributed by atoms with Crippen molar-refractivity contribution in [2.24, 2.45) is 0 Å². The van der Waals surface area contributed by atoms with Gasteiger partial charge in [-0.2, -0.15) is 0 Å². The van der Waals surface area contributed by atoms with Crippen LogP contribution in [0.15, 0.2) is 22.7 Å². The molecule has 2 saturated heterocycles. The van der Waals surface area contributed by atoms with Crippen LogP contribution in [0.3, 0.4) is 0 Å². The van der Waals surface area contributed by atoms with E-state index < -0.39 is 0 Å². The van der Waals surface area contributed by atoms with Gasteiger partial charge < -0.3 is 10.0 Å². The summed E-state index contributed by atoms with van der Waals surface area (Å²) < 4.78 is 1.10. The van der Waals surface area contributed by atoms with Gasteiger partial charge in [0.2, 0.25) is 0 Å². The van der Waals surface area contributed by atoms with Gasteiger partial charge in [0.05, 0.1) is 12.3 Å². The third kappa shape index (κ3) is 3.02. The summed E-state index contributed by atoms with van der Waals surface area (Å²) in [6.07, 6.45) is 5.41. The Morgan fingerprint density at radius 1 is 1.15 bits per heavy atom. The van der Waals surface area contributed by atoms with E-state index in [1.807, 2.05) is 12.1 Å². The lowest BCUT2D eigenvalue weighted by Crippen LogP contribution is -2.40. The van der Waals surface area contributed by atoms with Crippen LogP contribution >= 0.6 is 15.9 Å². The molecule has 0 saturated carbocycles. The number of hydrogen-bond acceptors (Lipinski definition) is 3. The lowest BCUT2D eigenvalue weighted by Gasteiger charge is -2.32. The summed E-state index contributed by atoms with van der Waals surface area (Å²) in [7, 11) is 0. The van der Waals surface area contributed by atoms with E-state index in [9.17, 15) is 5.11 Å². The summed E-state index contributed by atoms with van der Waals surface area (Å²) >= 11 is 3.65. The van der Waals surface area contributed by atoms with E-state index in [1.165, 1.54) is 44.5 Å². The van der Waals surface area contributed by atoms with Crippen LogP contribution in [0, 0.1) is 0 Å². The summed E-state index contributed by atoms with van der Waals surface area (Å²) in [5.41, 5.74) is 2.23. The van der Waals surface area contributed by atoms with Crippen LogP contribution in [0.5, 0.6) is 0 Å². The van der Waals surface area contributed by atoms with Crippen molar-refractivity contribution in [1.29, 1.82) is 0 Å². The van der Waals surface area contributed by atoms with Crippen molar-refractivity contribution >= 4 is 21.6 Å². The maximum absolute atomic E-state index is 9.19. The summed E-state index contributed by atoms with van der Waals surface area (Å²) in [4.78, 5) is 5.16. The number of likely N-dealkylation sites (tertiary alicyclic amines) is 1. The number of piperidine rings is 1. The van der Waals surface area contributed by atoms with Crippen LogP contribution < -0.4 is 4.90 Å². The first-order chi connectivity index (χ1) is 9.78. The van der Waals surface area contributed by atoms with Crippen molar-refractivity contribution in [1.82, 2.24) is 4.90 Å². The molecule has 2 fully saturated rings. The zero-order valence-corrected chi connectivity index (χ0v) is 13.5. The monoisotopic (exact) mass is 338 g/mol. The van der Waals surface area contributed by atoms with Gasteiger partial charge in [0.1, 0.15) is 0 Å². The highest BCUT2D eigenvalue weighted by Crippen LogP contribution is 2.31. The average molecular weight is 339 g/mol. The number of rotatable bonds is 3. The van der Waals surface area contributed by atoms with Crippen molar-refractivity contribution in [2.45, 2.75) is 38.3 Å². The Bertz CT molecular complexity index is 460. The van der Waals surface area contributed by atoms with Gasteiger partial charge in [0, 0.05) is 23.6 Å². The first-order valence-electron chi connectivity index (χ1n) is 7.66. The summed E-state index contributed by atoms with van der Waals surface area (Å²) in [6.45, 7) is 4.94. The Hall–Kier alpha value is -0.580. The Kier molecular flexibility index (Phi) is 4.64. The lowest BCUT2D eigenvalue weighted by molar-refractivity contribution is 0.175. The van der Waals surface area contributed by atoms with Crippen molar-refractivity contribution in [2.75, 3.05) is 31.1 Å². The van der Waals surface area contributed by atoms with Crippen LogP contribution in [0.25, 0.3) is 0 Å². The van der Waals surface area contributed by atoms with Gasteiger partial charge in [-0.1, -0.05) is 12.5 Å². The quantitative estimate of drug-likeness (QED) is 0.917. The molecule has 3 nitrogen and oxygen atoms in total. The highest BCUT2D eigenvalue weighted by Gasteiger charge is 2.29. The molecule has 0 aliphatic carbocycles. The Morgan fingerprint density at radius 3 is 2.65 bits per heavy atom. The first kappa shape index (κ1) is 14.4. The molecule has 2 aliphatic heterocycles. The van der Waals surface area contributed by atoms with Gasteiger partial charge in [0.15, 0.2) is 0 Å². The second-order valence-corrected chi connectivity index (χ2v) is 6.78. The molecule has 1 aromatic carbocycles. The van der Waals surface area contributed by atoms with Gasteiger partial charge in [0.25, 0.3) is 0 Å². The Balaban J connectivity index is 1.67. The minimum Gasteiger partial charge on any atom is -0.392 e. The lowest BCUT2D eigenvalue weighted by atomic mass is 10.1. The Labute approximate surface area is 129 Å². The van der Waals surface area contributed by atoms with Crippen LogP contribution in [0.4, 0.5) is 5.69 Å². The average Bonchev–Trinajstić information content (AvgIpc) is 2.97. The maximum atomic E-state index is 9.19. The van der Waals surface area contributed by atoms with Gasteiger partial charge in [-0.15, -0.1) is 0 Å². The highest BCUT2D eigenvalue weighted by molar-refractivity contribution is 9.10. The number of halogens is 1. The number of aliphatic hydroxyl groups is 1. The third-order valence-electron chi connectivity index (χ3n) is 4.61. The zero-order valence-electron chi connectivity index (χ0n) is 11.9. The van der Waals surface area contributed by atoms with E-state index in [1.54, 1.807) is 0 Å². The second-order valence-electron chi connectivity index (χ2n) is 5.93. The van der Waals surface area contributed by atoms with E-state index in [4.69, 9.17) is 0 Å². The summed E-state index contributed by atoms with van der Waals surface area (Å²) in [5, 5.41) is 9.19. The SMILES string of the molecule is OCc1ccc(N2CCC(N3CCCCC3)C2)c(Br)c1. The number of hydrogen-bond donors (Lipinski definition) is 1. The molecule has 0 amide bonds. The molecule has 0 radical (unpaired) electrons. The topological polar surface area (TPSA) is 26.7 Å². The molecule has 1 aromatic rings. The van der Waals surface area contributed by atoms with Gasteiger partial charge in [-0.3, -0.25) is 4.90 Å². The number of benzene rings is 1. The Morgan fingerprint density at radius 2 is 1.95 bits per heavy atom. The molecule has 3 rings (SSSR count). The van der Waals surface area contributed by atoms with Gasteiger partial charge in [-0.05, 0) is 66.0 Å². The predicted molar refractivity (Wildman–Crippen MR) is 86.1 cm³/mol. The smallest absolute Gasteiger partial charge is 0.0682 e. The van der Waals surface area contributed by atoms with Gasteiger partial charge >= 0.3 is 0 Å². The maximum Gasteiger partial charge on any atom is 0.0682 e. The van der Waals surface area contributed by atoms with E-state index in [0.29, 0.717) is 0 Å². The minimum atomic E-state index is 0.106. The normalized spacial score (nSPS) is 24.3. The minimum absolute atomic E-state index is 0.106. The number of nitrogens with zero attached hydrogens (tertiary/aromatic N) is 2. The van der Waals surface area contributed by atoms with E-state index in [2.05, 4.69) is 31.8 Å². The second kappa shape index (κ2) is 6.46. The molecule has 2 heterocycles. The highest BCUT2D eigenvalue weighted by atomic mass is 79.9. The largest absolute Gasteiger partial charge is 0.392 e. The van der Waals surface area contributed by atoms with Crippen LogP contribution in [0.2, 0.25) is 0 Å². The number of aliphatic hydroxyl groups excluding tert-OH is 1. The molecule has 1 unspecified atom stereocenters. The van der Waals surface area contributed by atoms with E-state index >= 15 is 0 Å².